The molecular weight excluding hydrogens is 467 g/mol. The second-order valence-electron chi connectivity index (χ2n) is 8.48. The van der Waals surface area contributed by atoms with Crippen LogP contribution in [-0.2, 0) is 11.2 Å². The number of para-hydroxylation sites is 3. The molecule has 0 unspecified atom stereocenters. The van der Waals surface area contributed by atoms with Gasteiger partial charge < -0.3 is 9.80 Å². The Morgan fingerprint density at radius 3 is 2.31 bits per heavy atom. The summed E-state index contributed by atoms with van der Waals surface area (Å²) in [5, 5.41) is 0.0924. The van der Waals surface area contributed by atoms with Crippen molar-refractivity contribution in [1.82, 2.24) is 19.4 Å². The first-order valence-electron chi connectivity index (χ1n) is 11.5. The molecule has 0 N–H and O–H groups in total. The summed E-state index contributed by atoms with van der Waals surface area (Å²) in [7, 11) is 0. The topological polar surface area (TPSA) is 58.4 Å². The van der Waals surface area contributed by atoms with E-state index in [4.69, 9.17) is 16.6 Å². The SMILES string of the molecule is O=C(CCc1nc2ccccc2n1-c1ccccc1)N1CCN(C(=O)c2ccc(F)cc2Cl)CC1. The lowest BCUT2D eigenvalue weighted by Crippen LogP contribution is -2.50. The molecule has 178 valence electrons. The summed E-state index contributed by atoms with van der Waals surface area (Å²) in [6.45, 7) is 1.69. The predicted octanol–water partition coefficient (Wildman–Crippen LogP) is 4.74. The number of fused-ring (bicyclic) bond motifs is 1. The number of rotatable bonds is 5. The maximum absolute atomic E-state index is 13.3. The molecule has 2 heterocycles. The number of carbonyl (C=O) groups is 2. The van der Waals surface area contributed by atoms with Gasteiger partial charge in [-0.25, -0.2) is 9.37 Å². The van der Waals surface area contributed by atoms with Crippen molar-refractivity contribution in [2.24, 2.45) is 0 Å². The maximum Gasteiger partial charge on any atom is 0.255 e. The molecule has 35 heavy (non-hydrogen) atoms. The second-order valence-corrected chi connectivity index (χ2v) is 8.89. The minimum Gasteiger partial charge on any atom is -0.339 e. The van der Waals surface area contributed by atoms with Crippen LogP contribution in [0.1, 0.15) is 22.6 Å². The zero-order chi connectivity index (χ0) is 24.4. The molecule has 1 saturated heterocycles. The number of imidazole rings is 1. The van der Waals surface area contributed by atoms with E-state index in [0.717, 1.165) is 28.6 Å². The van der Waals surface area contributed by atoms with Crippen LogP contribution in [0.3, 0.4) is 0 Å². The molecule has 3 aromatic carbocycles. The Hall–Kier alpha value is -3.71. The molecule has 0 spiro atoms. The third kappa shape index (κ3) is 4.77. The van der Waals surface area contributed by atoms with E-state index in [1.807, 2.05) is 54.6 Å². The molecule has 1 aliphatic heterocycles. The molecule has 0 radical (unpaired) electrons. The van der Waals surface area contributed by atoms with Gasteiger partial charge in [0.05, 0.1) is 21.6 Å². The smallest absolute Gasteiger partial charge is 0.255 e. The van der Waals surface area contributed by atoms with Gasteiger partial charge in [-0.1, -0.05) is 41.9 Å². The number of benzene rings is 3. The number of aromatic nitrogens is 2. The van der Waals surface area contributed by atoms with Crippen LogP contribution in [0.2, 0.25) is 5.02 Å². The van der Waals surface area contributed by atoms with E-state index < -0.39 is 5.82 Å². The van der Waals surface area contributed by atoms with Gasteiger partial charge in [-0.2, -0.15) is 0 Å². The van der Waals surface area contributed by atoms with E-state index in [1.165, 1.54) is 12.1 Å². The summed E-state index contributed by atoms with van der Waals surface area (Å²) < 4.78 is 15.4. The fourth-order valence-electron chi connectivity index (χ4n) is 4.48. The zero-order valence-corrected chi connectivity index (χ0v) is 19.8. The number of hydrogen-bond donors (Lipinski definition) is 0. The number of carbonyl (C=O) groups excluding carboxylic acids is 2. The van der Waals surface area contributed by atoms with E-state index in [2.05, 4.69) is 4.57 Å². The van der Waals surface area contributed by atoms with E-state index in [0.29, 0.717) is 39.0 Å². The molecule has 0 saturated carbocycles. The van der Waals surface area contributed by atoms with Crippen LogP contribution in [0, 0.1) is 5.82 Å². The van der Waals surface area contributed by atoms with Crippen molar-refractivity contribution >= 4 is 34.4 Å². The van der Waals surface area contributed by atoms with Gasteiger partial charge in [-0.15, -0.1) is 0 Å². The van der Waals surface area contributed by atoms with Crippen molar-refractivity contribution in [3.8, 4) is 5.69 Å². The van der Waals surface area contributed by atoms with Crippen LogP contribution in [0.5, 0.6) is 0 Å². The Labute approximate surface area is 207 Å². The average molecular weight is 491 g/mol. The van der Waals surface area contributed by atoms with Gasteiger partial charge in [0.25, 0.3) is 5.91 Å². The molecule has 8 heteroatoms. The number of aryl methyl sites for hydroxylation is 1. The lowest BCUT2D eigenvalue weighted by molar-refractivity contribution is -0.132. The van der Waals surface area contributed by atoms with Crippen LogP contribution in [0.4, 0.5) is 4.39 Å². The van der Waals surface area contributed by atoms with E-state index in [1.54, 1.807) is 9.80 Å². The maximum atomic E-state index is 13.3. The molecule has 1 fully saturated rings. The third-order valence-corrected chi connectivity index (χ3v) is 6.60. The molecule has 2 amide bonds. The summed E-state index contributed by atoms with van der Waals surface area (Å²) in [5.41, 5.74) is 3.18. The number of amides is 2. The Balaban J connectivity index is 1.24. The number of nitrogens with zero attached hydrogens (tertiary/aromatic N) is 4. The third-order valence-electron chi connectivity index (χ3n) is 6.29. The van der Waals surface area contributed by atoms with Crippen LogP contribution in [0.15, 0.2) is 72.8 Å². The molecule has 4 aromatic rings. The van der Waals surface area contributed by atoms with Gasteiger partial charge in [0.15, 0.2) is 0 Å². The van der Waals surface area contributed by atoms with Gasteiger partial charge in [-0.05, 0) is 42.5 Å². The first-order valence-corrected chi connectivity index (χ1v) is 11.9. The summed E-state index contributed by atoms with van der Waals surface area (Å²) >= 11 is 6.05. The van der Waals surface area contributed by atoms with Gasteiger partial charge in [0.2, 0.25) is 5.91 Å². The molecule has 0 atom stereocenters. The highest BCUT2D eigenvalue weighted by molar-refractivity contribution is 6.33. The first-order chi connectivity index (χ1) is 17.0. The minimum atomic E-state index is -0.484. The lowest BCUT2D eigenvalue weighted by atomic mass is 10.1. The highest BCUT2D eigenvalue weighted by Crippen LogP contribution is 2.23. The van der Waals surface area contributed by atoms with E-state index in [-0.39, 0.29) is 22.4 Å². The Bertz CT molecular complexity index is 1380. The quantitative estimate of drug-likeness (QED) is 0.406. The molecule has 0 aliphatic carbocycles. The van der Waals surface area contributed by atoms with Crippen LogP contribution >= 0.6 is 11.6 Å². The summed E-state index contributed by atoms with van der Waals surface area (Å²) in [6.07, 6.45) is 0.834. The van der Waals surface area contributed by atoms with Crippen LogP contribution < -0.4 is 0 Å². The Kier molecular flexibility index (Phi) is 6.51. The highest BCUT2D eigenvalue weighted by Gasteiger charge is 2.26. The van der Waals surface area contributed by atoms with Gasteiger partial charge in [-0.3, -0.25) is 14.2 Å². The Morgan fingerprint density at radius 2 is 1.57 bits per heavy atom. The fraction of sp³-hybridized carbons (Fsp3) is 0.222. The molecule has 0 bridgehead atoms. The van der Waals surface area contributed by atoms with E-state index in [9.17, 15) is 14.0 Å². The largest absolute Gasteiger partial charge is 0.339 e. The van der Waals surface area contributed by atoms with E-state index >= 15 is 0 Å². The highest BCUT2D eigenvalue weighted by atomic mass is 35.5. The first kappa shape index (κ1) is 23.1. The van der Waals surface area contributed by atoms with Crippen molar-refractivity contribution in [2.75, 3.05) is 26.2 Å². The van der Waals surface area contributed by atoms with Crippen LogP contribution in [0.25, 0.3) is 16.7 Å². The number of halogens is 2. The van der Waals surface area contributed by atoms with Crippen molar-refractivity contribution in [3.63, 3.8) is 0 Å². The average Bonchev–Trinajstić information content (AvgIpc) is 3.26. The van der Waals surface area contributed by atoms with Crippen LogP contribution in [-0.4, -0.2) is 57.3 Å². The van der Waals surface area contributed by atoms with Gasteiger partial charge in [0.1, 0.15) is 11.6 Å². The lowest BCUT2D eigenvalue weighted by Gasteiger charge is -2.35. The zero-order valence-electron chi connectivity index (χ0n) is 19.0. The number of hydrogen-bond acceptors (Lipinski definition) is 3. The fourth-order valence-corrected chi connectivity index (χ4v) is 4.73. The molecule has 6 nitrogen and oxygen atoms in total. The summed E-state index contributed by atoms with van der Waals surface area (Å²) in [6, 6.07) is 21.7. The van der Waals surface area contributed by atoms with Gasteiger partial charge in [0, 0.05) is 44.7 Å². The molecule has 5 rings (SSSR count). The second kappa shape index (κ2) is 9.88. The number of piperazine rings is 1. The summed E-state index contributed by atoms with van der Waals surface area (Å²) in [5.74, 6) is 0.135. The monoisotopic (exact) mass is 490 g/mol. The molecular formula is C27H24ClFN4O2. The minimum absolute atomic E-state index is 0.0311. The van der Waals surface area contributed by atoms with Crippen molar-refractivity contribution in [3.05, 3.63) is 95.0 Å². The standard InChI is InChI=1S/C27H24ClFN4O2/c28-22-18-19(29)10-11-21(22)27(35)32-16-14-31(15-17-32)26(34)13-12-25-30-23-8-4-5-9-24(23)33(25)20-6-2-1-3-7-20/h1-11,18H,12-17H2. The van der Waals surface area contributed by atoms with Crippen molar-refractivity contribution < 1.29 is 14.0 Å². The normalized spacial score (nSPS) is 13.9. The molecule has 1 aromatic heterocycles. The molecule has 1 aliphatic rings. The van der Waals surface area contributed by atoms with Crippen molar-refractivity contribution in [2.45, 2.75) is 12.8 Å². The predicted molar refractivity (Wildman–Crippen MR) is 133 cm³/mol. The van der Waals surface area contributed by atoms with Crippen molar-refractivity contribution in [1.29, 1.82) is 0 Å². The Morgan fingerprint density at radius 1 is 0.886 bits per heavy atom. The summed E-state index contributed by atoms with van der Waals surface area (Å²) in [4.78, 5) is 34.0. The van der Waals surface area contributed by atoms with Gasteiger partial charge >= 0.3 is 0 Å².